The summed E-state index contributed by atoms with van der Waals surface area (Å²) in [6.45, 7) is 6.26. The molecule has 0 bridgehead atoms. The maximum atomic E-state index is 12.4. The van der Waals surface area contributed by atoms with E-state index in [4.69, 9.17) is 4.74 Å². The molecule has 4 heteroatoms. The van der Waals surface area contributed by atoms with Crippen molar-refractivity contribution in [3.8, 4) is 0 Å². The number of carbonyl (C=O) groups excluding carboxylic acids is 1. The molecule has 2 nitrogen and oxygen atoms in total. The Morgan fingerprint density at radius 3 is 1.46 bits per heavy atom. The van der Waals surface area contributed by atoms with Crippen LogP contribution in [0.2, 0.25) is 0 Å². The number of carbonyl (C=O) groups is 1. The smallest absolute Gasteiger partial charge is 0.337 e. The molecule has 0 heterocycles. The first-order chi connectivity index (χ1) is 13.2. The van der Waals surface area contributed by atoms with Gasteiger partial charge in [0.25, 0.3) is 0 Å². The Hall–Kier alpha value is -2.22. The first-order valence-electron chi connectivity index (χ1n) is 9.08. The highest BCUT2D eigenvalue weighted by atomic mass is 79.9. The Balaban J connectivity index is 0.00000280. The zero-order valence-electron chi connectivity index (χ0n) is 16.0. The fourth-order valence-electron chi connectivity index (χ4n) is 3.35. The van der Waals surface area contributed by atoms with E-state index in [0.717, 1.165) is 0 Å². The molecule has 0 aliphatic heterocycles. The molecular weight excluding hydrogens is 431 g/mol. The molecule has 3 rings (SSSR count). The third-order valence-corrected chi connectivity index (χ3v) is 8.98. The van der Waals surface area contributed by atoms with E-state index < -0.39 is 7.26 Å². The van der Waals surface area contributed by atoms with Crippen LogP contribution in [-0.2, 0) is 9.53 Å². The predicted octanol–water partition coefficient (Wildman–Crippen LogP) is 4.68. The number of esters is 1. The topological polar surface area (TPSA) is 26.3 Å². The Morgan fingerprint density at radius 1 is 0.786 bits per heavy atom. The number of benzene rings is 3. The molecule has 0 fully saturated rings. The minimum absolute atomic E-state index is 0. The summed E-state index contributed by atoms with van der Waals surface area (Å²) >= 11 is 0. The van der Waals surface area contributed by atoms with Gasteiger partial charge in [0.05, 0.1) is 12.2 Å². The van der Waals surface area contributed by atoms with E-state index >= 15 is 0 Å². The summed E-state index contributed by atoms with van der Waals surface area (Å²) < 4.78 is 5.24. The standard InChI is InChI=1S/C24H24O2P.BrH/c1-3-26-24(25)20(2)19-27(21-13-7-4-8-14-21,22-15-9-5-10-16-22)23-17-11-6-12-18-23;/h4-18H,2-3,19H2,1H3;1H/q+1;. The predicted molar refractivity (Wildman–Crippen MR) is 126 cm³/mol. The van der Waals surface area contributed by atoms with Crippen LogP contribution < -0.4 is 15.9 Å². The van der Waals surface area contributed by atoms with E-state index in [2.05, 4.69) is 79.4 Å². The molecule has 3 aromatic rings. The summed E-state index contributed by atoms with van der Waals surface area (Å²) in [6, 6.07) is 31.4. The third kappa shape index (κ3) is 4.60. The molecular formula is C24H25BrO2P+. The van der Waals surface area contributed by atoms with Crippen molar-refractivity contribution < 1.29 is 9.53 Å². The number of ether oxygens (including phenoxy) is 1. The second kappa shape index (κ2) is 10.4. The molecule has 0 N–H and O–H groups in total. The molecule has 3 aromatic carbocycles. The van der Waals surface area contributed by atoms with Gasteiger partial charge in [-0.25, -0.2) is 4.79 Å². The van der Waals surface area contributed by atoms with Gasteiger partial charge in [0.15, 0.2) is 0 Å². The van der Waals surface area contributed by atoms with Crippen LogP contribution in [0, 0.1) is 0 Å². The number of hydrogen-bond donors (Lipinski definition) is 0. The molecule has 0 radical (unpaired) electrons. The van der Waals surface area contributed by atoms with Crippen molar-refractivity contribution in [3.05, 3.63) is 103 Å². The van der Waals surface area contributed by atoms with Gasteiger partial charge in [0, 0.05) is 0 Å². The Kier molecular flexibility index (Phi) is 8.17. The quantitative estimate of drug-likeness (QED) is 0.293. The van der Waals surface area contributed by atoms with Gasteiger partial charge in [0.1, 0.15) is 29.3 Å². The van der Waals surface area contributed by atoms with Crippen LogP contribution in [0.4, 0.5) is 0 Å². The summed E-state index contributed by atoms with van der Waals surface area (Å²) in [7, 11) is -2.09. The molecule has 0 spiro atoms. The maximum absolute atomic E-state index is 12.4. The van der Waals surface area contributed by atoms with Crippen LogP contribution in [0.15, 0.2) is 103 Å². The molecule has 0 saturated heterocycles. The molecule has 0 unspecified atom stereocenters. The van der Waals surface area contributed by atoms with E-state index in [1.54, 1.807) is 0 Å². The highest BCUT2D eigenvalue weighted by Crippen LogP contribution is 2.56. The summed E-state index contributed by atoms with van der Waals surface area (Å²) in [6.07, 6.45) is 0.559. The third-order valence-electron chi connectivity index (χ3n) is 4.58. The van der Waals surface area contributed by atoms with Crippen molar-refractivity contribution >= 4 is 46.1 Å². The fourth-order valence-corrected chi connectivity index (χ4v) is 7.54. The first kappa shape index (κ1) is 22.1. The summed E-state index contributed by atoms with van der Waals surface area (Å²) in [5, 5.41) is 3.69. The molecule has 0 aliphatic carbocycles. The number of rotatable bonds is 7. The van der Waals surface area contributed by atoms with E-state index in [1.807, 2.05) is 25.1 Å². The molecule has 0 saturated carbocycles. The molecule has 0 aliphatic rings. The van der Waals surface area contributed by atoms with Crippen LogP contribution in [-0.4, -0.2) is 18.7 Å². The van der Waals surface area contributed by atoms with E-state index in [9.17, 15) is 4.79 Å². The van der Waals surface area contributed by atoms with Crippen molar-refractivity contribution in [2.75, 3.05) is 12.8 Å². The SMILES string of the molecule is Br.C=C(C[P+](c1ccccc1)(c1ccccc1)c1ccccc1)C(=O)OCC. The highest BCUT2D eigenvalue weighted by molar-refractivity contribution is 8.93. The zero-order chi connectivity index (χ0) is 19.1. The summed E-state index contributed by atoms with van der Waals surface area (Å²) in [5.74, 6) is -0.315. The molecule has 0 aromatic heterocycles. The van der Waals surface area contributed by atoms with Gasteiger partial charge in [-0.05, 0) is 43.3 Å². The molecule has 0 atom stereocenters. The van der Waals surface area contributed by atoms with E-state index in [1.165, 1.54) is 15.9 Å². The van der Waals surface area contributed by atoms with Crippen molar-refractivity contribution in [1.82, 2.24) is 0 Å². The van der Waals surface area contributed by atoms with Gasteiger partial charge >= 0.3 is 5.97 Å². The Bertz CT molecular complexity index is 799. The van der Waals surface area contributed by atoms with E-state index in [0.29, 0.717) is 18.3 Å². The van der Waals surface area contributed by atoms with Crippen molar-refractivity contribution in [3.63, 3.8) is 0 Å². The van der Waals surface area contributed by atoms with Gasteiger partial charge in [0.2, 0.25) is 0 Å². The average Bonchev–Trinajstić information content (AvgIpc) is 2.74. The van der Waals surface area contributed by atoms with Crippen molar-refractivity contribution in [2.45, 2.75) is 6.92 Å². The maximum Gasteiger partial charge on any atom is 0.337 e. The minimum atomic E-state index is -2.09. The van der Waals surface area contributed by atoms with Crippen molar-refractivity contribution in [1.29, 1.82) is 0 Å². The highest BCUT2D eigenvalue weighted by Gasteiger charge is 2.46. The van der Waals surface area contributed by atoms with E-state index in [-0.39, 0.29) is 23.0 Å². The summed E-state index contributed by atoms with van der Waals surface area (Å²) in [4.78, 5) is 12.4. The zero-order valence-corrected chi connectivity index (χ0v) is 18.6. The lowest BCUT2D eigenvalue weighted by Crippen LogP contribution is -2.34. The minimum Gasteiger partial charge on any atom is -0.463 e. The van der Waals surface area contributed by atoms with Crippen LogP contribution in [0.5, 0.6) is 0 Å². The molecule has 144 valence electrons. The second-order valence-electron chi connectivity index (χ2n) is 6.30. The Morgan fingerprint density at radius 2 is 1.14 bits per heavy atom. The normalized spacial score (nSPS) is 10.6. The lowest BCUT2D eigenvalue weighted by molar-refractivity contribution is -0.138. The van der Waals surface area contributed by atoms with Crippen LogP contribution in [0.3, 0.4) is 0 Å². The summed E-state index contributed by atoms with van der Waals surface area (Å²) in [5.41, 5.74) is 0.516. The lowest BCUT2D eigenvalue weighted by Gasteiger charge is -2.28. The first-order valence-corrected chi connectivity index (χ1v) is 11.1. The Labute approximate surface area is 178 Å². The largest absolute Gasteiger partial charge is 0.463 e. The fraction of sp³-hybridized carbons (Fsp3) is 0.125. The number of hydrogen-bond acceptors (Lipinski definition) is 2. The molecule has 28 heavy (non-hydrogen) atoms. The van der Waals surface area contributed by atoms with Crippen LogP contribution in [0.25, 0.3) is 0 Å². The average molecular weight is 456 g/mol. The monoisotopic (exact) mass is 455 g/mol. The van der Waals surface area contributed by atoms with Gasteiger partial charge in [-0.1, -0.05) is 61.2 Å². The van der Waals surface area contributed by atoms with Crippen LogP contribution in [0.1, 0.15) is 6.92 Å². The van der Waals surface area contributed by atoms with Crippen LogP contribution >= 0.6 is 24.2 Å². The van der Waals surface area contributed by atoms with Gasteiger partial charge in [-0.3, -0.25) is 0 Å². The lowest BCUT2D eigenvalue weighted by atomic mass is 10.3. The van der Waals surface area contributed by atoms with Gasteiger partial charge in [-0.15, -0.1) is 17.0 Å². The second-order valence-corrected chi connectivity index (χ2v) is 9.78. The van der Waals surface area contributed by atoms with Crippen molar-refractivity contribution in [2.24, 2.45) is 0 Å². The van der Waals surface area contributed by atoms with Gasteiger partial charge < -0.3 is 4.74 Å². The van der Waals surface area contributed by atoms with Gasteiger partial charge in [-0.2, -0.15) is 0 Å². The number of halogens is 1. The molecule has 0 amide bonds.